The Morgan fingerprint density at radius 2 is 1.88 bits per heavy atom. The number of carbonyl (C=O) groups excluding carboxylic acids is 1. The van der Waals surface area contributed by atoms with Gasteiger partial charge in [-0.2, -0.15) is 0 Å². The van der Waals surface area contributed by atoms with Crippen LogP contribution in [0.2, 0.25) is 0 Å². The highest BCUT2D eigenvalue weighted by atomic mass is 35.5. The molecule has 1 amide bonds. The molecule has 2 N–H and O–H groups in total. The molecule has 2 rings (SSSR count). The van der Waals surface area contributed by atoms with Crippen molar-refractivity contribution in [2.45, 2.75) is 57.5 Å². The molecule has 3 nitrogen and oxygen atoms in total. The van der Waals surface area contributed by atoms with Gasteiger partial charge < -0.3 is 10.6 Å². The molecule has 0 radical (unpaired) electrons. The molecule has 1 aliphatic carbocycles. The van der Waals surface area contributed by atoms with E-state index in [1.165, 1.54) is 32.1 Å². The second-order valence-corrected chi connectivity index (χ2v) is 4.93. The molecule has 1 saturated heterocycles. The second kappa shape index (κ2) is 6.45. The van der Waals surface area contributed by atoms with E-state index in [1.807, 2.05) is 0 Å². The van der Waals surface area contributed by atoms with Gasteiger partial charge in [0.1, 0.15) is 0 Å². The molecule has 0 aromatic carbocycles. The fraction of sp³-hybridized carbons (Fsp3) is 0.917. The van der Waals surface area contributed by atoms with Crippen molar-refractivity contribution < 1.29 is 4.79 Å². The van der Waals surface area contributed by atoms with Gasteiger partial charge in [-0.25, -0.2) is 0 Å². The highest BCUT2D eigenvalue weighted by Gasteiger charge is 2.27. The highest BCUT2D eigenvalue weighted by molar-refractivity contribution is 5.85. The largest absolute Gasteiger partial charge is 0.352 e. The van der Waals surface area contributed by atoms with Crippen molar-refractivity contribution in [3.8, 4) is 0 Å². The van der Waals surface area contributed by atoms with Crippen molar-refractivity contribution in [1.29, 1.82) is 0 Å². The molecule has 0 bridgehead atoms. The predicted octanol–water partition coefficient (Wildman–Crippen LogP) is 1.86. The average molecular weight is 247 g/mol. The molecule has 0 aromatic rings. The summed E-state index contributed by atoms with van der Waals surface area (Å²) in [4.78, 5) is 11.7. The Bertz CT molecular complexity index is 223. The van der Waals surface area contributed by atoms with Crippen LogP contribution in [0.4, 0.5) is 0 Å². The molecule has 16 heavy (non-hydrogen) atoms. The molecule has 2 fully saturated rings. The number of hydrogen-bond acceptors (Lipinski definition) is 2. The zero-order valence-electron chi connectivity index (χ0n) is 10.00. The van der Waals surface area contributed by atoms with Crippen LogP contribution in [-0.2, 0) is 4.79 Å². The van der Waals surface area contributed by atoms with Crippen LogP contribution >= 0.6 is 12.4 Å². The van der Waals surface area contributed by atoms with Gasteiger partial charge in [0.2, 0.25) is 5.91 Å². The molecule has 1 aliphatic heterocycles. The number of amides is 1. The minimum absolute atomic E-state index is 0. The first-order chi connectivity index (χ1) is 7.29. The van der Waals surface area contributed by atoms with E-state index in [0.29, 0.717) is 6.04 Å². The van der Waals surface area contributed by atoms with Crippen molar-refractivity contribution in [3.63, 3.8) is 0 Å². The Morgan fingerprint density at radius 3 is 2.31 bits per heavy atom. The SMILES string of the molecule is CCC1CCC(NC(=O)[C@H]2CCN2)CC1.Cl. The number of rotatable bonds is 3. The molecule has 1 atom stereocenters. The van der Waals surface area contributed by atoms with Crippen molar-refractivity contribution in [2.24, 2.45) is 5.92 Å². The lowest BCUT2D eigenvalue weighted by molar-refractivity contribution is -0.125. The third-order valence-corrected chi connectivity index (χ3v) is 3.91. The third kappa shape index (κ3) is 3.36. The van der Waals surface area contributed by atoms with Gasteiger partial charge in [-0.3, -0.25) is 4.79 Å². The van der Waals surface area contributed by atoms with Crippen LogP contribution in [0, 0.1) is 5.92 Å². The fourth-order valence-electron chi connectivity index (χ4n) is 2.53. The van der Waals surface area contributed by atoms with Crippen molar-refractivity contribution in [1.82, 2.24) is 10.6 Å². The van der Waals surface area contributed by atoms with Crippen LogP contribution in [0.25, 0.3) is 0 Å². The smallest absolute Gasteiger partial charge is 0.237 e. The summed E-state index contributed by atoms with van der Waals surface area (Å²) in [6.07, 6.45) is 7.24. The van der Waals surface area contributed by atoms with Crippen molar-refractivity contribution in [2.75, 3.05) is 6.54 Å². The van der Waals surface area contributed by atoms with E-state index >= 15 is 0 Å². The topological polar surface area (TPSA) is 41.1 Å². The van der Waals surface area contributed by atoms with Gasteiger partial charge in [0.25, 0.3) is 0 Å². The quantitative estimate of drug-likeness (QED) is 0.798. The lowest BCUT2D eigenvalue weighted by atomic mass is 9.84. The van der Waals surface area contributed by atoms with Crippen LogP contribution in [0.1, 0.15) is 45.4 Å². The first-order valence-electron chi connectivity index (χ1n) is 6.33. The third-order valence-electron chi connectivity index (χ3n) is 3.91. The molecule has 0 unspecified atom stereocenters. The molecule has 2 aliphatic rings. The molecule has 1 heterocycles. The summed E-state index contributed by atoms with van der Waals surface area (Å²) in [5.74, 6) is 1.13. The predicted molar refractivity (Wildman–Crippen MR) is 67.8 cm³/mol. The molecular formula is C12H23ClN2O. The Kier molecular flexibility index (Phi) is 5.56. The Balaban J connectivity index is 0.00000128. The van der Waals surface area contributed by atoms with Gasteiger partial charge in [-0.15, -0.1) is 12.4 Å². The van der Waals surface area contributed by atoms with Crippen LogP contribution in [0.15, 0.2) is 0 Å². The van der Waals surface area contributed by atoms with Crippen molar-refractivity contribution in [3.05, 3.63) is 0 Å². The number of carbonyl (C=O) groups is 1. The van der Waals surface area contributed by atoms with E-state index in [1.54, 1.807) is 0 Å². The minimum Gasteiger partial charge on any atom is -0.352 e. The summed E-state index contributed by atoms with van der Waals surface area (Å²) in [6.45, 7) is 3.27. The Labute approximate surface area is 104 Å². The van der Waals surface area contributed by atoms with E-state index in [9.17, 15) is 4.79 Å². The standard InChI is InChI=1S/C12H22N2O.ClH/c1-2-9-3-5-10(6-4-9)14-12(15)11-7-8-13-11;/h9-11,13H,2-8H2,1H3,(H,14,15);1H/t9?,10?,11-;/m1./s1. The molecule has 0 spiro atoms. The summed E-state index contributed by atoms with van der Waals surface area (Å²) in [5, 5.41) is 6.31. The summed E-state index contributed by atoms with van der Waals surface area (Å²) in [6, 6.07) is 0.552. The van der Waals surface area contributed by atoms with Crippen LogP contribution in [0.3, 0.4) is 0 Å². The van der Waals surface area contributed by atoms with E-state index in [2.05, 4.69) is 17.6 Å². The summed E-state index contributed by atoms with van der Waals surface area (Å²) >= 11 is 0. The fourth-order valence-corrected chi connectivity index (χ4v) is 2.53. The zero-order valence-corrected chi connectivity index (χ0v) is 10.8. The second-order valence-electron chi connectivity index (χ2n) is 4.93. The molecule has 4 heteroatoms. The van der Waals surface area contributed by atoms with Gasteiger partial charge in [0.15, 0.2) is 0 Å². The Morgan fingerprint density at radius 1 is 1.25 bits per heavy atom. The van der Waals surface area contributed by atoms with Gasteiger partial charge in [0.05, 0.1) is 6.04 Å². The first-order valence-corrected chi connectivity index (χ1v) is 6.33. The molecule has 1 saturated carbocycles. The maximum absolute atomic E-state index is 11.7. The van der Waals surface area contributed by atoms with Crippen LogP contribution in [-0.4, -0.2) is 24.5 Å². The summed E-state index contributed by atoms with van der Waals surface area (Å²) < 4.78 is 0. The van der Waals surface area contributed by atoms with Crippen LogP contribution < -0.4 is 10.6 Å². The first kappa shape index (κ1) is 13.8. The van der Waals surface area contributed by atoms with Crippen LogP contribution in [0.5, 0.6) is 0 Å². The number of nitrogens with one attached hydrogen (secondary N) is 2. The van der Waals surface area contributed by atoms with Gasteiger partial charge in [-0.1, -0.05) is 13.3 Å². The lowest BCUT2D eigenvalue weighted by Crippen LogP contribution is -2.55. The molecular weight excluding hydrogens is 224 g/mol. The van der Waals surface area contributed by atoms with Gasteiger partial charge >= 0.3 is 0 Å². The summed E-state index contributed by atoms with van der Waals surface area (Å²) in [7, 11) is 0. The lowest BCUT2D eigenvalue weighted by Gasteiger charge is -2.32. The monoisotopic (exact) mass is 246 g/mol. The minimum atomic E-state index is 0. The van der Waals surface area contributed by atoms with E-state index < -0.39 is 0 Å². The summed E-state index contributed by atoms with van der Waals surface area (Å²) in [5.41, 5.74) is 0. The van der Waals surface area contributed by atoms with E-state index in [0.717, 1.165) is 18.9 Å². The molecule has 0 aromatic heterocycles. The van der Waals surface area contributed by atoms with E-state index in [-0.39, 0.29) is 24.4 Å². The maximum Gasteiger partial charge on any atom is 0.237 e. The highest BCUT2D eigenvalue weighted by Crippen LogP contribution is 2.26. The van der Waals surface area contributed by atoms with E-state index in [4.69, 9.17) is 0 Å². The Hall–Kier alpha value is -0.280. The zero-order chi connectivity index (χ0) is 10.7. The van der Waals surface area contributed by atoms with Gasteiger partial charge in [0, 0.05) is 6.04 Å². The van der Waals surface area contributed by atoms with Gasteiger partial charge in [-0.05, 0) is 44.6 Å². The normalized spacial score (nSPS) is 33.4. The number of hydrogen-bond donors (Lipinski definition) is 2. The van der Waals surface area contributed by atoms with Crippen molar-refractivity contribution >= 4 is 18.3 Å². The maximum atomic E-state index is 11.7. The molecule has 94 valence electrons. The average Bonchev–Trinajstić information content (AvgIpc) is 2.16. The number of halogens is 1.